The number of benzene rings is 1. The maximum Gasteiger partial charge on any atom is 0.196 e. The number of hydrogen-bond donors (Lipinski definition) is 2. The number of hydrogen-bond acceptors (Lipinski definition) is 6. The smallest absolute Gasteiger partial charge is 0.196 e. The molecule has 4 N–H and O–H groups in total. The standard InChI is InChI=1S/C11H9ClN4OS/c12-8-3-7(2-1-6(8)5-17)18-11-15-9(13)4-10(14)16-11/h1-5H,(H4,13,14,15,16). The molecule has 2 rings (SSSR count). The van der Waals surface area contributed by atoms with Crippen LogP contribution in [-0.4, -0.2) is 16.3 Å². The summed E-state index contributed by atoms with van der Waals surface area (Å²) >= 11 is 7.19. The molecule has 0 saturated carbocycles. The van der Waals surface area contributed by atoms with E-state index in [1.807, 2.05) is 0 Å². The van der Waals surface area contributed by atoms with Gasteiger partial charge in [0.15, 0.2) is 11.4 Å². The summed E-state index contributed by atoms with van der Waals surface area (Å²) < 4.78 is 0. The first-order valence-corrected chi connectivity index (χ1v) is 6.10. The van der Waals surface area contributed by atoms with E-state index in [1.54, 1.807) is 18.2 Å². The predicted molar refractivity (Wildman–Crippen MR) is 71.8 cm³/mol. The van der Waals surface area contributed by atoms with Gasteiger partial charge in [-0.1, -0.05) is 11.6 Å². The minimum Gasteiger partial charge on any atom is -0.383 e. The number of carbonyl (C=O) groups excluding carboxylic acids is 1. The van der Waals surface area contributed by atoms with Crippen LogP contribution in [0.1, 0.15) is 10.4 Å². The summed E-state index contributed by atoms with van der Waals surface area (Å²) in [4.78, 5) is 19.5. The van der Waals surface area contributed by atoms with Crippen molar-refractivity contribution in [2.45, 2.75) is 10.1 Å². The highest BCUT2D eigenvalue weighted by atomic mass is 35.5. The molecule has 0 unspecified atom stereocenters. The Balaban J connectivity index is 2.28. The van der Waals surface area contributed by atoms with Crippen molar-refractivity contribution in [3.63, 3.8) is 0 Å². The Labute approximate surface area is 113 Å². The average molecular weight is 281 g/mol. The third-order valence-corrected chi connectivity index (χ3v) is 3.24. The second-order valence-electron chi connectivity index (χ2n) is 3.40. The first kappa shape index (κ1) is 12.7. The molecule has 0 aliphatic heterocycles. The Morgan fingerprint density at radius 3 is 2.39 bits per heavy atom. The van der Waals surface area contributed by atoms with E-state index in [0.717, 1.165) is 4.90 Å². The van der Waals surface area contributed by atoms with Crippen molar-refractivity contribution >= 4 is 41.3 Å². The van der Waals surface area contributed by atoms with Crippen LogP contribution in [0.4, 0.5) is 11.6 Å². The zero-order valence-electron chi connectivity index (χ0n) is 9.13. The number of carbonyl (C=O) groups is 1. The number of halogens is 1. The monoisotopic (exact) mass is 280 g/mol. The highest BCUT2D eigenvalue weighted by Gasteiger charge is 2.06. The van der Waals surface area contributed by atoms with Crippen LogP contribution in [0.25, 0.3) is 0 Å². The Morgan fingerprint density at radius 1 is 1.17 bits per heavy atom. The van der Waals surface area contributed by atoms with Crippen LogP contribution >= 0.6 is 23.4 Å². The Morgan fingerprint density at radius 2 is 1.83 bits per heavy atom. The Kier molecular flexibility index (Phi) is 3.69. The molecule has 2 aromatic rings. The molecule has 18 heavy (non-hydrogen) atoms. The molecule has 0 spiro atoms. The molecule has 1 aromatic heterocycles. The van der Waals surface area contributed by atoms with E-state index in [9.17, 15) is 4.79 Å². The number of anilines is 2. The molecule has 92 valence electrons. The molecule has 1 heterocycles. The van der Waals surface area contributed by atoms with Gasteiger partial charge >= 0.3 is 0 Å². The summed E-state index contributed by atoms with van der Waals surface area (Å²) in [6.07, 6.45) is 0.700. The van der Waals surface area contributed by atoms with Crippen molar-refractivity contribution in [1.82, 2.24) is 9.97 Å². The summed E-state index contributed by atoms with van der Waals surface area (Å²) in [5.41, 5.74) is 11.6. The number of rotatable bonds is 3. The lowest BCUT2D eigenvalue weighted by atomic mass is 10.2. The molecule has 0 saturated heterocycles. The van der Waals surface area contributed by atoms with Gasteiger partial charge in [0.1, 0.15) is 11.6 Å². The molecule has 7 heteroatoms. The largest absolute Gasteiger partial charge is 0.383 e. The third-order valence-electron chi connectivity index (χ3n) is 2.05. The summed E-state index contributed by atoms with van der Waals surface area (Å²) in [7, 11) is 0. The lowest BCUT2D eigenvalue weighted by molar-refractivity contribution is 0.112. The molecular formula is C11H9ClN4OS. The predicted octanol–water partition coefficient (Wildman–Crippen LogP) is 2.26. The molecule has 0 aliphatic rings. The number of nitrogens with two attached hydrogens (primary N) is 2. The summed E-state index contributed by atoms with van der Waals surface area (Å²) in [5, 5.41) is 0.814. The van der Waals surface area contributed by atoms with Gasteiger partial charge < -0.3 is 11.5 Å². The van der Waals surface area contributed by atoms with E-state index >= 15 is 0 Å². The fraction of sp³-hybridized carbons (Fsp3) is 0. The second kappa shape index (κ2) is 5.24. The van der Waals surface area contributed by atoms with Crippen LogP contribution in [0.2, 0.25) is 5.02 Å². The molecule has 1 aromatic carbocycles. The van der Waals surface area contributed by atoms with Crippen molar-refractivity contribution in [2.24, 2.45) is 0 Å². The second-order valence-corrected chi connectivity index (χ2v) is 4.85. The fourth-order valence-electron chi connectivity index (χ4n) is 1.28. The maximum absolute atomic E-state index is 10.6. The fourth-order valence-corrected chi connectivity index (χ4v) is 2.40. The van der Waals surface area contributed by atoms with Crippen LogP contribution in [0, 0.1) is 0 Å². The van der Waals surface area contributed by atoms with E-state index in [0.29, 0.717) is 33.7 Å². The van der Waals surface area contributed by atoms with Crippen LogP contribution in [-0.2, 0) is 0 Å². The number of aromatic nitrogens is 2. The van der Waals surface area contributed by atoms with Crippen molar-refractivity contribution in [3.8, 4) is 0 Å². The molecule has 0 atom stereocenters. The van der Waals surface area contributed by atoms with E-state index < -0.39 is 0 Å². The minimum atomic E-state index is 0.306. The molecule has 0 radical (unpaired) electrons. The van der Waals surface area contributed by atoms with Gasteiger partial charge in [-0.05, 0) is 30.0 Å². The number of nitrogens with zero attached hydrogens (tertiary/aromatic N) is 2. The van der Waals surface area contributed by atoms with E-state index in [2.05, 4.69) is 9.97 Å². The van der Waals surface area contributed by atoms with Gasteiger partial charge in [0, 0.05) is 16.5 Å². The Bertz CT molecular complexity index is 585. The summed E-state index contributed by atoms with van der Waals surface area (Å²) in [5.74, 6) is 0.612. The van der Waals surface area contributed by atoms with Gasteiger partial charge in [0.05, 0.1) is 5.02 Å². The SMILES string of the molecule is Nc1cc(N)nc(Sc2ccc(C=O)c(Cl)c2)n1. The maximum atomic E-state index is 10.6. The van der Waals surface area contributed by atoms with Gasteiger partial charge in [-0.2, -0.15) is 0 Å². The normalized spacial score (nSPS) is 10.3. The van der Waals surface area contributed by atoms with Gasteiger partial charge in [-0.15, -0.1) is 0 Å². The molecule has 5 nitrogen and oxygen atoms in total. The lowest BCUT2D eigenvalue weighted by Gasteiger charge is -2.04. The van der Waals surface area contributed by atoms with Crippen molar-refractivity contribution in [3.05, 3.63) is 34.9 Å². The first-order valence-electron chi connectivity index (χ1n) is 4.91. The van der Waals surface area contributed by atoms with Gasteiger partial charge in [-0.25, -0.2) is 9.97 Å². The average Bonchev–Trinajstić information content (AvgIpc) is 2.27. The van der Waals surface area contributed by atoms with E-state index in [1.165, 1.54) is 17.8 Å². The van der Waals surface area contributed by atoms with Gasteiger partial charge in [-0.3, -0.25) is 4.79 Å². The Hall–Kier alpha value is -1.79. The molecule has 0 aliphatic carbocycles. The first-order chi connectivity index (χ1) is 8.58. The zero-order valence-corrected chi connectivity index (χ0v) is 10.7. The molecule has 0 fully saturated rings. The van der Waals surface area contributed by atoms with Crippen molar-refractivity contribution in [2.75, 3.05) is 11.5 Å². The summed E-state index contributed by atoms with van der Waals surface area (Å²) in [6.45, 7) is 0. The molecular weight excluding hydrogens is 272 g/mol. The van der Waals surface area contributed by atoms with Crippen LogP contribution < -0.4 is 11.5 Å². The van der Waals surface area contributed by atoms with Gasteiger partial charge in [0.25, 0.3) is 0 Å². The highest BCUT2D eigenvalue weighted by Crippen LogP contribution is 2.29. The zero-order chi connectivity index (χ0) is 13.1. The molecule has 0 amide bonds. The lowest BCUT2D eigenvalue weighted by Crippen LogP contribution is -1.98. The van der Waals surface area contributed by atoms with Gasteiger partial charge in [0.2, 0.25) is 0 Å². The van der Waals surface area contributed by atoms with Crippen LogP contribution in [0.15, 0.2) is 34.3 Å². The molecule has 0 bridgehead atoms. The quantitative estimate of drug-likeness (QED) is 0.661. The van der Waals surface area contributed by atoms with Crippen molar-refractivity contribution < 1.29 is 4.79 Å². The number of nitrogen functional groups attached to an aromatic ring is 2. The minimum absolute atomic E-state index is 0.306. The van der Waals surface area contributed by atoms with Crippen molar-refractivity contribution in [1.29, 1.82) is 0 Å². The number of aldehydes is 1. The van der Waals surface area contributed by atoms with Crippen LogP contribution in [0.3, 0.4) is 0 Å². The van der Waals surface area contributed by atoms with Crippen LogP contribution in [0.5, 0.6) is 0 Å². The highest BCUT2D eigenvalue weighted by molar-refractivity contribution is 7.99. The van der Waals surface area contributed by atoms with E-state index in [-0.39, 0.29) is 0 Å². The van der Waals surface area contributed by atoms with E-state index in [4.69, 9.17) is 23.1 Å². The topological polar surface area (TPSA) is 94.9 Å². The third kappa shape index (κ3) is 2.91. The summed E-state index contributed by atoms with van der Waals surface area (Å²) in [6, 6.07) is 6.53.